The number of nitrogen functional groups attached to an aromatic ring is 1. The fourth-order valence-electron chi connectivity index (χ4n) is 2.36. The molecular weight excluding hydrogens is 322 g/mol. The summed E-state index contributed by atoms with van der Waals surface area (Å²) in [5.74, 6) is -0.100. The first kappa shape index (κ1) is 16.6. The lowest BCUT2D eigenvalue weighted by Crippen LogP contribution is -2.07. The van der Waals surface area contributed by atoms with Crippen LogP contribution in [0.1, 0.15) is 24.2 Å². The molecule has 128 valence electrons. The first-order valence-corrected chi connectivity index (χ1v) is 7.83. The van der Waals surface area contributed by atoms with Crippen LogP contribution in [0, 0.1) is 0 Å². The van der Waals surface area contributed by atoms with E-state index in [1.807, 2.05) is 13.0 Å². The average molecular weight is 339 g/mol. The number of ether oxygens (including phenoxy) is 2. The van der Waals surface area contributed by atoms with E-state index in [9.17, 15) is 4.79 Å². The lowest BCUT2D eigenvalue weighted by Gasteiger charge is -2.10. The molecule has 0 aliphatic rings. The van der Waals surface area contributed by atoms with E-state index in [-0.39, 0.29) is 18.4 Å². The van der Waals surface area contributed by atoms with Crippen molar-refractivity contribution in [1.82, 2.24) is 19.9 Å². The Kier molecular flexibility index (Phi) is 4.69. The number of benzene rings is 1. The van der Waals surface area contributed by atoms with Gasteiger partial charge in [-0.1, -0.05) is 18.2 Å². The molecule has 25 heavy (non-hydrogen) atoms. The van der Waals surface area contributed by atoms with Crippen molar-refractivity contribution in [1.29, 1.82) is 0 Å². The quantitative estimate of drug-likeness (QED) is 0.704. The molecule has 0 aliphatic heterocycles. The number of aromatic nitrogens is 4. The molecule has 0 radical (unpaired) electrons. The number of rotatable bonds is 5. The van der Waals surface area contributed by atoms with Crippen molar-refractivity contribution in [3.8, 4) is 17.1 Å². The van der Waals surface area contributed by atoms with Crippen molar-refractivity contribution in [2.24, 2.45) is 0 Å². The van der Waals surface area contributed by atoms with Crippen LogP contribution in [0.2, 0.25) is 0 Å². The molecule has 0 aliphatic carbocycles. The Labute approximate surface area is 144 Å². The Bertz CT molecular complexity index is 929. The highest BCUT2D eigenvalue weighted by Gasteiger charge is 2.17. The molecule has 2 N–H and O–H groups in total. The zero-order valence-corrected chi connectivity index (χ0v) is 13.9. The summed E-state index contributed by atoms with van der Waals surface area (Å²) in [7, 11) is 0. The second-order valence-electron chi connectivity index (χ2n) is 5.01. The Balaban J connectivity index is 2.16. The van der Waals surface area contributed by atoms with E-state index in [4.69, 9.17) is 15.2 Å². The van der Waals surface area contributed by atoms with Crippen molar-refractivity contribution in [2.75, 3.05) is 18.9 Å². The van der Waals surface area contributed by atoms with E-state index in [1.165, 1.54) is 6.20 Å². The first-order valence-electron chi connectivity index (χ1n) is 7.83. The number of hydrogen-bond acceptors (Lipinski definition) is 8. The molecule has 3 aromatic rings. The fourth-order valence-corrected chi connectivity index (χ4v) is 2.36. The van der Waals surface area contributed by atoms with Gasteiger partial charge in [0.15, 0.2) is 11.2 Å². The molecule has 8 heteroatoms. The van der Waals surface area contributed by atoms with Crippen molar-refractivity contribution in [2.45, 2.75) is 13.8 Å². The monoisotopic (exact) mass is 339 g/mol. The van der Waals surface area contributed by atoms with Crippen LogP contribution in [0.25, 0.3) is 22.4 Å². The van der Waals surface area contributed by atoms with Gasteiger partial charge in [0.05, 0.1) is 30.7 Å². The summed E-state index contributed by atoms with van der Waals surface area (Å²) in [5.41, 5.74) is 7.89. The lowest BCUT2D eigenvalue weighted by molar-refractivity contribution is 0.0527. The second kappa shape index (κ2) is 7.08. The number of hydrogen-bond donors (Lipinski definition) is 1. The van der Waals surface area contributed by atoms with E-state index in [1.54, 1.807) is 25.1 Å². The van der Waals surface area contributed by atoms with Gasteiger partial charge in [-0.15, -0.1) is 0 Å². The highest BCUT2D eigenvalue weighted by atomic mass is 16.5. The maximum absolute atomic E-state index is 12.2. The number of nitrogens with two attached hydrogens (primary N) is 1. The smallest absolute Gasteiger partial charge is 0.338 e. The van der Waals surface area contributed by atoms with E-state index in [2.05, 4.69) is 19.9 Å². The third-order valence-corrected chi connectivity index (χ3v) is 3.37. The summed E-state index contributed by atoms with van der Waals surface area (Å²) in [6, 6.07) is 7.04. The SMILES string of the molecule is CCOC(=O)c1ccccc1-c1cnc2nc(N)nc(OCC)c2n1. The first-order chi connectivity index (χ1) is 12.1. The van der Waals surface area contributed by atoms with Gasteiger partial charge in [0.1, 0.15) is 0 Å². The highest BCUT2D eigenvalue weighted by Crippen LogP contribution is 2.26. The summed E-state index contributed by atoms with van der Waals surface area (Å²) in [5, 5.41) is 0. The van der Waals surface area contributed by atoms with Crippen LogP contribution >= 0.6 is 0 Å². The predicted octanol–water partition coefficient (Wildman–Crippen LogP) is 2.24. The van der Waals surface area contributed by atoms with E-state index in [0.29, 0.717) is 34.6 Å². The minimum Gasteiger partial charge on any atom is -0.476 e. The van der Waals surface area contributed by atoms with Gasteiger partial charge in [-0.2, -0.15) is 9.97 Å². The maximum Gasteiger partial charge on any atom is 0.338 e. The summed E-state index contributed by atoms with van der Waals surface area (Å²) in [4.78, 5) is 29.1. The summed E-state index contributed by atoms with van der Waals surface area (Å²) >= 11 is 0. The Morgan fingerprint density at radius 2 is 1.92 bits per heavy atom. The Morgan fingerprint density at radius 1 is 1.12 bits per heavy atom. The van der Waals surface area contributed by atoms with E-state index in [0.717, 1.165) is 0 Å². The lowest BCUT2D eigenvalue weighted by atomic mass is 10.0. The molecule has 2 heterocycles. The van der Waals surface area contributed by atoms with Crippen molar-refractivity contribution in [3.05, 3.63) is 36.0 Å². The van der Waals surface area contributed by atoms with Gasteiger partial charge in [-0.25, -0.2) is 14.8 Å². The summed E-state index contributed by atoms with van der Waals surface area (Å²) in [6.45, 7) is 4.28. The average Bonchev–Trinajstić information content (AvgIpc) is 2.62. The number of carbonyl (C=O) groups excluding carboxylic acids is 1. The van der Waals surface area contributed by atoms with Crippen LogP contribution in [0.5, 0.6) is 5.88 Å². The molecule has 0 amide bonds. The molecular formula is C17H17N5O3. The number of nitrogens with zero attached hydrogens (tertiary/aromatic N) is 4. The van der Waals surface area contributed by atoms with E-state index >= 15 is 0 Å². The van der Waals surface area contributed by atoms with Crippen LogP contribution < -0.4 is 10.5 Å². The fraction of sp³-hybridized carbons (Fsp3) is 0.235. The third-order valence-electron chi connectivity index (χ3n) is 3.37. The van der Waals surface area contributed by atoms with Gasteiger partial charge in [-0.3, -0.25) is 0 Å². The number of carbonyl (C=O) groups is 1. The van der Waals surface area contributed by atoms with Gasteiger partial charge in [0.2, 0.25) is 11.8 Å². The van der Waals surface area contributed by atoms with E-state index < -0.39 is 5.97 Å². The van der Waals surface area contributed by atoms with Crippen LogP contribution in [-0.4, -0.2) is 39.1 Å². The second-order valence-corrected chi connectivity index (χ2v) is 5.01. The normalized spacial score (nSPS) is 10.6. The van der Waals surface area contributed by atoms with Gasteiger partial charge < -0.3 is 15.2 Å². The summed E-state index contributed by atoms with van der Waals surface area (Å²) in [6.07, 6.45) is 1.53. The topological polar surface area (TPSA) is 113 Å². The number of fused-ring (bicyclic) bond motifs is 1. The van der Waals surface area contributed by atoms with Gasteiger partial charge in [0, 0.05) is 5.56 Å². The van der Waals surface area contributed by atoms with Crippen LogP contribution in [0.4, 0.5) is 5.95 Å². The van der Waals surface area contributed by atoms with Crippen LogP contribution in [0.15, 0.2) is 30.5 Å². The van der Waals surface area contributed by atoms with Gasteiger partial charge in [-0.05, 0) is 19.9 Å². The van der Waals surface area contributed by atoms with Crippen LogP contribution in [-0.2, 0) is 4.74 Å². The molecule has 0 saturated carbocycles. The van der Waals surface area contributed by atoms with Gasteiger partial charge in [0.25, 0.3) is 0 Å². The summed E-state index contributed by atoms with van der Waals surface area (Å²) < 4.78 is 10.6. The molecule has 3 rings (SSSR count). The van der Waals surface area contributed by atoms with Gasteiger partial charge >= 0.3 is 5.97 Å². The molecule has 0 fully saturated rings. The van der Waals surface area contributed by atoms with Crippen LogP contribution in [0.3, 0.4) is 0 Å². The molecule has 0 atom stereocenters. The molecule has 0 saturated heterocycles. The number of anilines is 1. The highest BCUT2D eigenvalue weighted by molar-refractivity contribution is 5.97. The molecule has 2 aromatic heterocycles. The van der Waals surface area contributed by atoms with Crippen molar-refractivity contribution in [3.63, 3.8) is 0 Å². The molecule has 0 bridgehead atoms. The minimum absolute atomic E-state index is 0.0601. The molecule has 8 nitrogen and oxygen atoms in total. The molecule has 0 unspecified atom stereocenters. The zero-order chi connectivity index (χ0) is 17.8. The standard InChI is InChI=1S/C17H17N5O3/c1-3-24-15-13-14(21-17(18)22-15)19-9-12(20-13)10-7-5-6-8-11(10)16(23)25-4-2/h5-9H,3-4H2,1-2H3,(H2,18,19,21,22). The molecule has 0 spiro atoms. The Morgan fingerprint density at radius 3 is 2.68 bits per heavy atom. The van der Waals surface area contributed by atoms with Crippen molar-refractivity contribution >= 4 is 23.1 Å². The third kappa shape index (κ3) is 3.32. The molecule has 1 aromatic carbocycles. The maximum atomic E-state index is 12.2. The minimum atomic E-state index is -0.418. The largest absolute Gasteiger partial charge is 0.476 e. The Hall–Kier alpha value is -3.29. The predicted molar refractivity (Wildman–Crippen MR) is 92.1 cm³/mol. The van der Waals surface area contributed by atoms with Crippen molar-refractivity contribution < 1.29 is 14.3 Å². The zero-order valence-electron chi connectivity index (χ0n) is 13.9. The number of esters is 1.